The molecule has 0 spiro atoms. The first kappa shape index (κ1) is 11.6. The zero-order valence-electron chi connectivity index (χ0n) is 8.50. The third kappa shape index (κ3) is 2.27. The average molecular weight is 293 g/mol. The van der Waals surface area contributed by atoms with E-state index in [0.29, 0.717) is 15.7 Å². The number of rotatable bonds is 1. The topological polar surface area (TPSA) is 37.2 Å². The van der Waals surface area contributed by atoms with E-state index in [9.17, 15) is 9.18 Å². The lowest BCUT2D eigenvalue weighted by Crippen LogP contribution is -2.06. The standard InChI is InChI=1S/C12H6BrFN2O/c1-15-10-6-9(13)11(16-12(10)17)7-2-4-8(14)5-3-7/h2-6H,(H,16,17). The minimum atomic E-state index is -0.456. The van der Waals surface area contributed by atoms with Crippen molar-refractivity contribution in [1.29, 1.82) is 0 Å². The van der Waals surface area contributed by atoms with E-state index >= 15 is 0 Å². The maximum Gasteiger partial charge on any atom is 0.254 e. The summed E-state index contributed by atoms with van der Waals surface area (Å²) in [6.45, 7) is 6.82. The molecule has 0 aliphatic rings. The number of benzene rings is 1. The van der Waals surface area contributed by atoms with E-state index in [1.807, 2.05) is 0 Å². The van der Waals surface area contributed by atoms with Crippen molar-refractivity contribution in [2.75, 3.05) is 0 Å². The SMILES string of the molecule is [C-]#[N+]c1cc(Br)c(-c2ccc(F)cc2)[nH]c1=O. The molecule has 1 heterocycles. The number of aromatic amines is 1. The van der Waals surface area contributed by atoms with Crippen LogP contribution in [0.2, 0.25) is 0 Å². The highest BCUT2D eigenvalue weighted by molar-refractivity contribution is 9.10. The van der Waals surface area contributed by atoms with Crippen LogP contribution in [0.15, 0.2) is 39.6 Å². The monoisotopic (exact) mass is 292 g/mol. The fourth-order valence-electron chi connectivity index (χ4n) is 1.40. The largest absolute Gasteiger partial charge is 0.330 e. The van der Waals surface area contributed by atoms with Crippen molar-refractivity contribution in [2.24, 2.45) is 0 Å². The van der Waals surface area contributed by atoms with Gasteiger partial charge in [0.15, 0.2) is 0 Å². The van der Waals surface area contributed by atoms with Gasteiger partial charge in [-0.25, -0.2) is 9.24 Å². The molecule has 2 aromatic rings. The van der Waals surface area contributed by atoms with Gasteiger partial charge in [-0.1, -0.05) is 0 Å². The van der Waals surface area contributed by atoms with Gasteiger partial charge in [0.25, 0.3) is 11.2 Å². The molecule has 17 heavy (non-hydrogen) atoms. The van der Waals surface area contributed by atoms with Crippen LogP contribution in [0.3, 0.4) is 0 Å². The maximum absolute atomic E-state index is 12.8. The number of aromatic nitrogens is 1. The summed E-state index contributed by atoms with van der Waals surface area (Å²) in [6, 6.07) is 7.18. The Labute approximate surface area is 105 Å². The third-order valence-electron chi connectivity index (χ3n) is 2.23. The third-order valence-corrected chi connectivity index (χ3v) is 2.85. The van der Waals surface area contributed by atoms with Crippen LogP contribution in [-0.2, 0) is 0 Å². The lowest BCUT2D eigenvalue weighted by atomic mass is 10.1. The Kier molecular flexibility index (Phi) is 3.07. The summed E-state index contributed by atoms with van der Waals surface area (Å²) in [4.78, 5) is 17.2. The number of nitrogens with zero attached hydrogens (tertiary/aromatic N) is 1. The molecule has 0 fully saturated rings. The first-order valence-electron chi connectivity index (χ1n) is 4.68. The van der Waals surface area contributed by atoms with Crippen LogP contribution in [-0.4, -0.2) is 4.98 Å². The van der Waals surface area contributed by atoms with Crippen molar-refractivity contribution >= 4 is 21.6 Å². The van der Waals surface area contributed by atoms with Crippen molar-refractivity contribution in [2.45, 2.75) is 0 Å². The Morgan fingerprint density at radius 2 is 1.94 bits per heavy atom. The van der Waals surface area contributed by atoms with Crippen molar-refractivity contribution in [3.8, 4) is 11.3 Å². The average Bonchev–Trinajstić information content (AvgIpc) is 2.33. The van der Waals surface area contributed by atoms with Gasteiger partial charge >= 0.3 is 0 Å². The van der Waals surface area contributed by atoms with Gasteiger partial charge in [-0.15, -0.1) is 0 Å². The van der Waals surface area contributed by atoms with Gasteiger partial charge in [0.1, 0.15) is 5.82 Å². The molecule has 0 atom stereocenters. The second-order valence-electron chi connectivity index (χ2n) is 3.33. The van der Waals surface area contributed by atoms with E-state index in [0.717, 1.165) is 0 Å². The molecule has 0 radical (unpaired) electrons. The van der Waals surface area contributed by atoms with Gasteiger partial charge in [-0.3, -0.25) is 4.79 Å². The number of nitrogens with one attached hydrogen (secondary N) is 1. The molecule has 1 N–H and O–H groups in total. The molecule has 0 aliphatic heterocycles. The predicted molar refractivity (Wildman–Crippen MR) is 66.4 cm³/mol. The zero-order valence-corrected chi connectivity index (χ0v) is 10.1. The van der Waals surface area contributed by atoms with Crippen LogP contribution in [0.1, 0.15) is 0 Å². The molecule has 0 bridgehead atoms. The summed E-state index contributed by atoms with van der Waals surface area (Å²) in [5, 5.41) is 0. The Morgan fingerprint density at radius 1 is 1.29 bits per heavy atom. The quantitative estimate of drug-likeness (QED) is 0.803. The second-order valence-corrected chi connectivity index (χ2v) is 4.18. The van der Waals surface area contributed by atoms with Crippen LogP contribution in [0.4, 0.5) is 10.1 Å². The van der Waals surface area contributed by atoms with Crippen molar-refractivity contribution in [3.05, 3.63) is 62.4 Å². The van der Waals surface area contributed by atoms with E-state index in [1.54, 1.807) is 12.1 Å². The molecule has 0 saturated carbocycles. The second kappa shape index (κ2) is 4.52. The summed E-state index contributed by atoms with van der Waals surface area (Å²) >= 11 is 3.27. The molecule has 2 rings (SSSR count). The minimum absolute atomic E-state index is 0.0164. The van der Waals surface area contributed by atoms with Crippen molar-refractivity contribution in [1.82, 2.24) is 4.98 Å². The molecule has 84 valence electrons. The molecule has 3 nitrogen and oxygen atoms in total. The minimum Gasteiger partial charge on any atom is -0.330 e. The van der Waals surface area contributed by atoms with Gasteiger partial charge in [0.2, 0.25) is 0 Å². The van der Waals surface area contributed by atoms with E-state index in [-0.39, 0.29) is 11.5 Å². The predicted octanol–water partition coefficient (Wildman–Crippen LogP) is 3.49. The molecular formula is C12H6BrFN2O. The summed E-state index contributed by atoms with van der Waals surface area (Å²) in [7, 11) is 0. The molecular weight excluding hydrogens is 287 g/mol. The number of halogens is 2. The van der Waals surface area contributed by atoms with Crippen LogP contribution in [0.25, 0.3) is 16.1 Å². The summed E-state index contributed by atoms with van der Waals surface area (Å²) < 4.78 is 13.4. The highest BCUT2D eigenvalue weighted by Gasteiger charge is 2.08. The summed E-state index contributed by atoms with van der Waals surface area (Å²) in [5.41, 5.74) is 0.763. The maximum atomic E-state index is 12.8. The molecule has 0 aliphatic carbocycles. The normalized spacial score (nSPS) is 9.94. The molecule has 5 heteroatoms. The Hall–Kier alpha value is -1.93. The highest BCUT2D eigenvalue weighted by atomic mass is 79.9. The molecule has 0 saturated heterocycles. The van der Waals surface area contributed by atoms with Crippen LogP contribution >= 0.6 is 15.9 Å². The molecule has 0 unspecified atom stereocenters. The fourth-order valence-corrected chi connectivity index (χ4v) is 1.95. The van der Waals surface area contributed by atoms with E-state index < -0.39 is 5.56 Å². The van der Waals surface area contributed by atoms with Gasteiger partial charge in [0, 0.05) is 4.47 Å². The van der Waals surface area contributed by atoms with Gasteiger partial charge in [-0.05, 0) is 51.8 Å². The van der Waals surface area contributed by atoms with Crippen LogP contribution in [0, 0.1) is 12.4 Å². The zero-order chi connectivity index (χ0) is 12.4. The van der Waals surface area contributed by atoms with Crippen LogP contribution in [0.5, 0.6) is 0 Å². The fraction of sp³-hybridized carbons (Fsp3) is 0. The number of pyridine rings is 1. The summed E-state index contributed by atoms with van der Waals surface area (Å²) in [5.74, 6) is -0.343. The van der Waals surface area contributed by atoms with Crippen LogP contribution < -0.4 is 5.56 Å². The highest BCUT2D eigenvalue weighted by Crippen LogP contribution is 2.27. The van der Waals surface area contributed by atoms with Crippen molar-refractivity contribution in [3.63, 3.8) is 0 Å². The van der Waals surface area contributed by atoms with Gasteiger partial charge in [-0.2, -0.15) is 0 Å². The number of hydrogen-bond acceptors (Lipinski definition) is 1. The molecule has 1 aromatic carbocycles. The molecule has 0 amide bonds. The van der Waals surface area contributed by atoms with Gasteiger partial charge in [0.05, 0.1) is 12.3 Å². The first-order valence-corrected chi connectivity index (χ1v) is 5.47. The van der Waals surface area contributed by atoms with E-state index in [4.69, 9.17) is 6.57 Å². The Bertz CT molecular complexity index is 656. The number of hydrogen-bond donors (Lipinski definition) is 1. The Balaban J connectivity index is 2.61. The number of H-pyrrole nitrogens is 1. The van der Waals surface area contributed by atoms with Crippen molar-refractivity contribution < 1.29 is 4.39 Å². The first-order chi connectivity index (χ1) is 8.11. The van der Waals surface area contributed by atoms with E-state index in [1.165, 1.54) is 18.2 Å². The van der Waals surface area contributed by atoms with E-state index in [2.05, 4.69) is 25.8 Å². The lowest BCUT2D eigenvalue weighted by molar-refractivity contribution is 0.628. The smallest absolute Gasteiger partial charge is 0.254 e. The summed E-state index contributed by atoms with van der Waals surface area (Å²) in [6.07, 6.45) is 0. The van der Waals surface area contributed by atoms with Gasteiger partial charge < -0.3 is 4.98 Å². The lowest BCUT2D eigenvalue weighted by Gasteiger charge is -2.04. The Morgan fingerprint density at radius 3 is 2.53 bits per heavy atom. The molecule has 1 aromatic heterocycles.